The molecule has 3 aliphatic heterocycles. The van der Waals surface area contributed by atoms with E-state index in [1.807, 2.05) is 41.5 Å². The highest BCUT2D eigenvalue weighted by molar-refractivity contribution is 5.87. The first-order valence-corrected chi connectivity index (χ1v) is 23.7. The highest BCUT2D eigenvalue weighted by Gasteiger charge is 2.53. The molecule has 18 atom stereocenters. The Morgan fingerprint density at radius 3 is 2.33 bits per heavy atom. The maximum absolute atomic E-state index is 13.9. The minimum Gasteiger partial charge on any atom is -0.490 e. The van der Waals surface area contributed by atoms with Crippen LogP contribution in [0.25, 0.3) is 0 Å². The third-order valence-corrected chi connectivity index (χ3v) is 13.5. The van der Waals surface area contributed by atoms with E-state index in [4.69, 9.17) is 38.9 Å². The lowest BCUT2D eigenvalue weighted by Crippen LogP contribution is -2.59. The molecule has 376 valence electrons. The Morgan fingerprint density at radius 1 is 1.05 bits per heavy atom. The van der Waals surface area contributed by atoms with Crippen molar-refractivity contribution in [3.05, 3.63) is 59.4 Å². The number of hydrogen-bond acceptors (Lipinski definition) is 15. The fourth-order valence-electron chi connectivity index (χ4n) is 9.39. The number of unbranched alkanes of at least 4 members (excludes halogenated alkanes) is 1. The Kier molecular flexibility index (Phi) is 22.5. The molecule has 0 radical (unpaired) electrons. The molecule has 7 N–H and O–H groups in total. The van der Waals surface area contributed by atoms with Crippen LogP contribution in [-0.2, 0) is 42.7 Å². The number of aliphatic hydroxyl groups excluding tert-OH is 4. The largest absolute Gasteiger partial charge is 0.490 e. The van der Waals surface area contributed by atoms with Gasteiger partial charge in [-0.1, -0.05) is 102 Å². The molecule has 0 aromatic carbocycles. The van der Waals surface area contributed by atoms with Crippen LogP contribution in [0.3, 0.4) is 0 Å². The van der Waals surface area contributed by atoms with Gasteiger partial charge in [0, 0.05) is 48.9 Å². The van der Waals surface area contributed by atoms with Gasteiger partial charge in [-0.25, -0.2) is 9.59 Å². The molecule has 0 aromatic heterocycles. The van der Waals surface area contributed by atoms with Gasteiger partial charge in [-0.3, -0.25) is 4.79 Å². The zero-order valence-electron chi connectivity index (χ0n) is 41.2. The Hall–Kier alpha value is -3.61. The number of aliphatic hydroxyl groups is 5. The number of hydrogen-bond donors (Lipinski definition) is 6. The number of ether oxygens (including phenoxy) is 7. The molecule has 16 nitrogen and oxygen atoms in total. The molecule has 0 aromatic rings. The van der Waals surface area contributed by atoms with E-state index in [0.29, 0.717) is 24.8 Å². The third-order valence-electron chi connectivity index (χ3n) is 13.5. The number of nitrogens with two attached hydrogens (primary N) is 1. The summed E-state index contributed by atoms with van der Waals surface area (Å²) in [4.78, 5) is 38.4. The molecule has 66 heavy (non-hydrogen) atoms. The number of carbonyl (C=O) groups excluding carboxylic acids is 3. The van der Waals surface area contributed by atoms with Crippen LogP contribution in [0.4, 0.5) is 4.79 Å². The Balaban J connectivity index is 1.98. The van der Waals surface area contributed by atoms with Crippen molar-refractivity contribution >= 4 is 18.0 Å². The van der Waals surface area contributed by atoms with E-state index >= 15 is 0 Å². The van der Waals surface area contributed by atoms with Crippen molar-refractivity contribution in [2.45, 2.75) is 194 Å². The van der Waals surface area contributed by atoms with Crippen LogP contribution in [0.5, 0.6) is 0 Å². The second-order valence-electron chi connectivity index (χ2n) is 18.8. The first-order chi connectivity index (χ1) is 31.0. The molecular formula is C50H81NO15. The predicted octanol–water partition coefficient (Wildman–Crippen LogP) is 6.07. The molecular weight excluding hydrogens is 855 g/mol. The molecule has 1 amide bonds. The summed E-state index contributed by atoms with van der Waals surface area (Å²) < 4.78 is 41.6. The van der Waals surface area contributed by atoms with E-state index in [2.05, 4.69) is 0 Å². The summed E-state index contributed by atoms with van der Waals surface area (Å²) in [6.45, 7) is 19.8. The number of methoxy groups -OCH3 is 1. The average molecular weight is 936 g/mol. The lowest BCUT2D eigenvalue weighted by molar-refractivity contribution is -0.339. The zero-order chi connectivity index (χ0) is 49.6. The number of primary amides is 1. The predicted molar refractivity (Wildman–Crippen MR) is 247 cm³/mol. The molecule has 3 aliphatic rings. The topological polar surface area (TPSA) is 243 Å². The van der Waals surface area contributed by atoms with Gasteiger partial charge in [-0.2, -0.15) is 0 Å². The molecule has 0 aliphatic carbocycles. The van der Waals surface area contributed by atoms with Crippen molar-refractivity contribution in [1.82, 2.24) is 0 Å². The third kappa shape index (κ3) is 15.5. The number of carbonyl (C=O) groups is 3. The molecule has 2 fully saturated rings. The minimum absolute atomic E-state index is 0.00612. The number of amides is 1. The van der Waals surface area contributed by atoms with Crippen molar-refractivity contribution in [2.24, 2.45) is 41.2 Å². The summed E-state index contributed by atoms with van der Waals surface area (Å²) in [5.41, 5.74) is 6.84. The summed E-state index contributed by atoms with van der Waals surface area (Å²) in [5, 5.41) is 59.0. The van der Waals surface area contributed by atoms with E-state index in [0.717, 1.165) is 12.0 Å². The first-order valence-electron chi connectivity index (χ1n) is 23.7. The normalized spacial score (nSPS) is 39.8. The molecule has 1 unspecified atom stereocenters. The number of rotatable bonds is 14. The summed E-state index contributed by atoms with van der Waals surface area (Å²) in [5.74, 6) is -7.08. The molecule has 0 spiro atoms. The lowest BCUT2D eigenvalue weighted by atomic mass is 9.77. The summed E-state index contributed by atoms with van der Waals surface area (Å²) >= 11 is 0. The molecule has 3 heterocycles. The van der Waals surface area contributed by atoms with Crippen molar-refractivity contribution in [2.75, 3.05) is 7.11 Å². The van der Waals surface area contributed by atoms with Crippen LogP contribution in [0.2, 0.25) is 0 Å². The van der Waals surface area contributed by atoms with Gasteiger partial charge in [-0.15, -0.1) is 0 Å². The van der Waals surface area contributed by atoms with Gasteiger partial charge >= 0.3 is 18.0 Å². The quantitative estimate of drug-likeness (QED) is 0.0658. The summed E-state index contributed by atoms with van der Waals surface area (Å²) in [6, 6.07) is 0. The zero-order valence-corrected chi connectivity index (χ0v) is 41.2. The maximum atomic E-state index is 13.9. The van der Waals surface area contributed by atoms with Gasteiger partial charge in [-0.05, 0) is 59.0 Å². The number of cyclic esters (lactones) is 1. The van der Waals surface area contributed by atoms with E-state index in [1.54, 1.807) is 65.0 Å². The van der Waals surface area contributed by atoms with E-state index in [-0.39, 0.29) is 36.9 Å². The number of esters is 2. The average Bonchev–Trinajstić information content (AvgIpc) is 3.25. The van der Waals surface area contributed by atoms with Crippen LogP contribution in [-0.4, -0.2) is 124 Å². The van der Waals surface area contributed by atoms with Crippen LogP contribution >= 0.6 is 0 Å². The fraction of sp³-hybridized carbons (Fsp3) is 0.740. The van der Waals surface area contributed by atoms with Crippen LogP contribution < -0.4 is 5.73 Å². The number of allylic oxidation sites excluding steroid dienone is 6. The van der Waals surface area contributed by atoms with Gasteiger partial charge in [0.1, 0.15) is 18.3 Å². The molecule has 2 saturated heterocycles. The monoisotopic (exact) mass is 936 g/mol. The Morgan fingerprint density at radius 2 is 1.73 bits per heavy atom. The Labute approximate surface area is 392 Å². The smallest absolute Gasteiger partial charge is 0.404 e. The highest BCUT2D eigenvalue weighted by Crippen LogP contribution is 2.42. The van der Waals surface area contributed by atoms with Crippen molar-refractivity contribution in [3.63, 3.8) is 0 Å². The molecule has 0 saturated carbocycles. The van der Waals surface area contributed by atoms with Crippen molar-refractivity contribution in [3.8, 4) is 0 Å². The first kappa shape index (κ1) is 56.7. The highest BCUT2D eigenvalue weighted by atomic mass is 16.7. The lowest BCUT2D eigenvalue weighted by Gasteiger charge is -2.50. The van der Waals surface area contributed by atoms with Crippen LogP contribution in [0.15, 0.2) is 59.4 Å². The Bertz CT molecular complexity index is 1730. The van der Waals surface area contributed by atoms with Crippen LogP contribution in [0, 0.1) is 35.5 Å². The molecule has 0 bridgehead atoms. The molecule has 3 rings (SSSR count). The van der Waals surface area contributed by atoms with Gasteiger partial charge in [0.2, 0.25) is 5.76 Å². The van der Waals surface area contributed by atoms with Crippen LogP contribution in [0.1, 0.15) is 121 Å². The molecule has 16 heteroatoms. The standard InChI is InChI=1S/C50H81NO15/c1-13-16-21-41(53)62-38-25-42(61-34(11)47(38)65-49(51)58)63-40-26-50(59,66-37(18-14-2)31(40)8)33(10)45(56)32(9)46-36(52)20-17-19-27(4)22-29(6)43(54)35(15-3)44(55)30(7)23-28(5)24-39(60-12)48(57)64-46/h14,17-20,23-24,29-38,40,42-47,52,54-56,59H,13,15-16,21-22,25-26H2,1-12H3,(H2,51,58)/b18-14+,20-17+,27-19+,28-23+,39-24-/t29-,30-,31-,32+,33+,34+,35?,36+,37-,38+,40-,42-,43+,44-,45-,46-,47+,50-/m1/s1. The van der Waals surface area contributed by atoms with Gasteiger partial charge in [0.15, 0.2) is 18.2 Å². The van der Waals surface area contributed by atoms with E-state index < -0.39 is 115 Å². The van der Waals surface area contributed by atoms with Crippen molar-refractivity contribution in [1.29, 1.82) is 0 Å². The minimum atomic E-state index is -2.04. The SMILES string of the molecule is C/C=C/[C@H]1O[C@@](O)([C@@H](C)[C@H](O)[C@H](C)[C@H]2OC(=O)/C(OC)=C/C(C)=C/[C@@H](C)[C@@H](O)C(CC)[C@@H](O)[C@H](C)C/C(C)=C/C=C/[C@@H]2O)C[C@@H](O[C@@H]2C[C@H](OC(=O)CCCC)[C@@H](OC(N)=O)[C@H](C)O2)[C@@H]1C. The maximum Gasteiger partial charge on any atom is 0.404 e. The van der Waals surface area contributed by atoms with E-state index in [9.17, 15) is 39.9 Å². The fourth-order valence-corrected chi connectivity index (χ4v) is 9.39. The second kappa shape index (κ2) is 26.2. The van der Waals surface area contributed by atoms with Crippen molar-refractivity contribution < 1.29 is 73.1 Å². The van der Waals surface area contributed by atoms with Gasteiger partial charge in [0.25, 0.3) is 0 Å². The van der Waals surface area contributed by atoms with E-state index in [1.165, 1.54) is 19.3 Å². The van der Waals surface area contributed by atoms with Gasteiger partial charge in [0.05, 0.1) is 43.7 Å². The summed E-state index contributed by atoms with van der Waals surface area (Å²) in [6.07, 6.45) is 1.98. The summed E-state index contributed by atoms with van der Waals surface area (Å²) in [7, 11) is 1.30. The second-order valence-corrected chi connectivity index (χ2v) is 18.8. The van der Waals surface area contributed by atoms with Gasteiger partial charge < -0.3 is 64.4 Å².